The Hall–Kier alpha value is -0.850. The summed E-state index contributed by atoms with van der Waals surface area (Å²) in [6.07, 6.45) is -0.0957. The van der Waals surface area contributed by atoms with Gasteiger partial charge in [0.2, 0.25) is 0 Å². The van der Waals surface area contributed by atoms with Crippen LogP contribution >= 0.6 is 15.9 Å². The van der Waals surface area contributed by atoms with Crippen LogP contribution in [-0.2, 0) is 6.42 Å². The zero-order valence-electron chi connectivity index (χ0n) is 7.07. The van der Waals surface area contributed by atoms with Crippen molar-refractivity contribution >= 4 is 15.9 Å². The van der Waals surface area contributed by atoms with Crippen LogP contribution in [0.5, 0.6) is 0 Å². The Morgan fingerprint density at radius 2 is 2.31 bits per heavy atom. The van der Waals surface area contributed by atoms with Crippen LogP contribution in [0.15, 0.2) is 24.3 Å². The van der Waals surface area contributed by atoms with Gasteiger partial charge in [0.25, 0.3) is 0 Å². The van der Waals surface area contributed by atoms with Crippen LogP contribution < -0.4 is 0 Å². The number of aliphatic hydroxyl groups excluding tert-OH is 1. The standard InChI is InChI=1S/C10H10BrNO/c11-7-10(13)9-3-1-2-8(6-9)4-5-12/h1-3,6,10,13H,4,7H2. The number of alkyl halides is 1. The molecule has 2 nitrogen and oxygen atoms in total. The van der Waals surface area contributed by atoms with Gasteiger partial charge >= 0.3 is 0 Å². The van der Waals surface area contributed by atoms with Crippen molar-refractivity contribution < 1.29 is 5.11 Å². The van der Waals surface area contributed by atoms with E-state index in [0.717, 1.165) is 11.1 Å². The molecule has 0 aliphatic heterocycles. The molecular weight excluding hydrogens is 230 g/mol. The number of benzene rings is 1. The maximum absolute atomic E-state index is 9.49. The van der Waals surface area contributed by atoms with Crippen LogP contribution in [0.25, 0.3) is 0 Å². The van der Waals surface area contributed by atoms with Gasteiger partial charge in [0.1, 0.15) is 0 Å². The van der Waals surface area contributed by atoms with E-state index in [2.05, 4.69) is 22.0 Å². The van der Waals surface area contributed by atoms with E-state index in [4.69, 9.17) is 5.26 Å². The summed E-state index contributed by atoms with van der Waals surface area (Å²) in [4.78, 5) is 0. The third-order valence-corrected chi connectivity index (χ3v) is 2.38. The van der Waals surface area contributed by atoms with Crippen molar-refractivity contribution in [3.05, 3.63) is 35.4 Å². The monoisotopic (exact) mass is 239 g/mol. The van der Waals surface area contributed by atoms with E-state index < -0.39 is 6.10 Å². The third kappa shape index (κ3) is 2.83. The lowest BCUT2D eigenvalue weighted by atomic mass is 10.1. The van der Waals surface area contributed by atoms with E-state index in [-0.39, 0.29) is 0 Å². The molecule has 68 valence electrons. The zero-order chi connectivity index (χ0) is 9.68. The second-order valence-electron chi connectivity index (χ2n) is 2.75. The number of halogens is 1. The molecule has 1 aromatic rings. The predicted molar refractivity (Wildman–Crippen MR) is 54.5 cm³/mol. The van der Waals surface area contributed by atoms with Crippen LogP contribution in [-0.4, -0.2) is 10.4 Å². The van der Waals surface area contributed by atoms with Gasteiger partial charge in [-0.3, -0.25) is 0 Å². The molecule has 0 aromatic heterocycles. The Kier molecular flexibility index (Phi) is 3.94. The van der Waals surface area contributed by atoms with E-state index in [1.54, 1.807) is 0 Å². The molecule has 1 unspecified atom stereocenters. The molecule has 3 heteroatoms. The fraction of sp³-hybridized carbons (Fsp3) is 0.300. The smallest absolute Gasteiger partial charge is 0.0886 e. The minimum atomic E-state index is -0.487. The lowest BCUT2D eigenvalue weighted by molar-refractivity contribution is 0.205. The SMILES string of the molecule is N#CCc1cccc(C(O)CBr)c1. The number of hydrogen-bond acceptors (Lipinski definition) is 2. The van der Waals surface area contributed by atoms with Gasteiger partial charge in [-0.05, 0) is 11.1 Å². The van der Waals surface area contributed by atoms with E-state index >= 15 is 0 Å². The number of rotatable bonds is 3. The highest BCUT2D eigenvalue weighted by Crippen LogP contribution is 2.16. The van der Waals surface area contributed by atoms with Crippen LogP contribution in [0.2, 0.25) is 0 Å². The molecule has 0 saturated carbocycles. The average Bonchev–Trinajstić information content (AvgIpc) is 2.18. The highest BCUT2D eigenvalue weighted by Gasteiger charge is 2.05. The summed E-state index contributed by atoms with van der Waals surface area (Å²) in [5.41, 5.74) is 1.80. The van der Waals surface area contributed by atoms with Crippen molar-refractivity contribution in [3.63, 3.8) is 0 Å². The average molecular weight is 240 g/mol. The van der Waals surface area contributed by atoms with E-state index in [1.165, 1.54) is 0 Å². The molecule has 13 heavy (non-hydrogen) atoms. The van der Waals surface area contributed by atoms with E-state index in [9.17, 15) is 5.11 Å². The number of aliphatic hydroxyl groups is 1. The van der Waals surface area contributed by atoms with Gasteiger partial charge in [-0.25, -0.2) is 0 Å². The molecule has 0 bridgehead atoms. The second-order valence-corrected chi connectivity index (χ2v) is 3.40. The molecule has 0 radical (unpaired) electrons. The highest BCUT2D eigenvalue weighted by molar-refractivity contribution is 9.09. The molecule has 0 amide bonds. The molecule has 1 aromatic carbocycles. The molecule has 0 heterocycles. The van der Waals surface area contributed by atoms with Crippen molar-refractivity contribution in [3.8, 4) is 6.07 Å². The highest BCUT2D eigenvalue weighted by atomic mass is 79.9. The number of nitrogens with zero attached hydrogens (tertiary/aromatic N) is 1. The van der Waals surface area contributed by atoms with Gasteiger partial charge in [-0.1, -0.05) is 40.2 Å². The zero-order valence-corrected chi connectivity index (χ0v) is 8.66. The van der Waals surface area contributed by atoms with Crippen molar-refractivity contribution in [1.82, 2.24) is 0 Å². The van der Waals surface area contributed by atoms with Gasteiger partial charge in [-0.2, -0.15) is 5.26 Å². The van der Waals surface area contributed by atoms with Gasteiger partial charge in [0, 0.05) is 5.33 Å². The summed E-state index contributed by atoms with van der Waals surface area (Å²) < 4.78 is 0. The Balaban J connectivity index is 2.86. The van der Waals surface area contributed by atoms with Crippen molar-refractivity contribution in [2.24, 2.45) is 0 Å². The van der Waals surface area contributed by atoms with E-state index in [1.807, 2.05) is 24.3 Å². The fourth-order valence-corrected chi connectivity index (χ4v) is 1.46. The first-order valence-corrected chi connectivity index (χ1v) is 5.10. The van der Waals surface area contributed by atoms with Crippen LogP contribution in [0.3, 0.4) is 0 Å². The molecule has 1 N–H and O–H groups in total. The van der Waals surface area contributed by atoms with Crippen molar-refractivity contribution in [1.29, 1.82) is 5.26 Å². The Morgan fingerprint density at radius 1 is 1.54 bits per heavy atom. The van der Waals surface area contributed by atoms with Crippen LogP contribution in [0.4, 0.5) is 0 Å². The Morgan fingerprint density at radius 3 is 2.92 bits per heavy atom. The Bertz CT molecular complexity index is 319. The molecule has 1 atom stereocenters. The van der Waals surface area contributed by atoms with Gasteiger partial charge in [0.05, 0.1) is 18.6 Å². The van der Waals surface area contributed by atoms with Crippen LogP contribution in [0.1, 0.15) is 17.2 Å². The fourth-order valence-electron chi connectivity index (χ4n) is 1.09. The van der Waals surface area contributed by atoms with Gasteiger partial charge in [-0.15, -0.1) is 0 Å². The molecule has 0 aliphatic carbocycles. The molecule has 0 spiro atoms. The topological polar surface area (TPSA) is 44.0 Å². The van der Waals surface area contributed by atoms with Crippen molar-refractivity contribution in [2.75, 3.05) is 5.33 Å². The maximum atomic E-state index is 9.49. The second kappa shape index (κ2) is 5.00. The molecule has 0 fully saturated rings. The summed E-state index contributed by atoms with van der Waals surface area (Å²) in [5.74, 6) is 0. The normalized spacial score (nSPS) is 12.1. The third-order valence-electron chi connectivity index (χ3n) is 1.77. The van der Waals surface area contributed by atoms with Crippen LogP contribution in [0, 0.1) is 11.3 Å². The molecule has 1 rings (SSSR count). The summed E-state index contributed by atoms with van der Waals surface area (Å²) in [7, 11) is 0. The number of nitriles is 1. The maximum Gasteiger partial charge on any atom is 0.0886 e. The number of hydrogen-bond donors (Lipinski definition) is 1. The lowest BCUT2D eigenvalue weighted by Gasteiger charge is -2.07. The lowest BCUT2D eigenvalue weighted by Crippen LogP contribution is -1.98. The summed E-state index contributed by atoms with van der Waals surface area (Å²) in [6.45, 7) is 0. The minimum Gasteiger partial charge on any atom is -0.388 e. The first-order chi connectivity index (χ1) is 6.27. The quantitative estimate of drug-likeness (QED) is 0.823. The van der Waals surface area contributed by atoms with Gasteiger partial charge < -0.3 is 5.11 Å². The van der Waals surface area contributed by atoms with E-state index in [0.29, 0.717) is 11.8 Å². The minimum absolute atomic E-state index is 0.392. The molecule has 0 saturated heterocycles. The summed E-state index contributed by atoms with van der Waals surface area (Å²) >= 11 is 3.20. The predicted octanol–water partition coefficient (Wildman–Crippen LogP) is 2.18. The summed E-state index contributed by atoms with van der Waals surface area (Å²) in [6, 6.07) is 9.52. The summed E-state index contributed by atoms with van der Waals surface area (Å²) in [5, 5.41) is 18.5. The first kappa shape index (κ1) is 10.2. The van der Waals surface area contributed by atoms with Crippen molar-refractivity contribution in [2.45, 2.75) is 12.5 Å². The molecular formula is C10H10BrNO. The first-order valence-electron chi connectivity index (χ1n) is 3.97. The molecule has 0 aliphatic rings. The largest absolute Gasteiger partial charge is 0.388 e. The van der Waals surface area contributed by atoms with Gasteiger partial charge in [0.15, 0.2) is 0 Å². The Labute approximate surface area is 85.9 Å².